The molecule has 3 N–H and O–H groups in total. The topological polar surface area (TPSA) is 91.7 Å². The Hall–Kier alpha value is -1.82. The van der Waals surface area contributed by atoms with Gasteiger partial charge >= 0.3 is 0 Å². The van der Waals surface area contributed by atoms with Gasteiger partial charge in [-0.3, -0.25) is 4.79 Å². The molecule has 1 aromatic heterocycles. The molecule has 2 aliphatic carbocycles. The summed E-state index contributed by atoms with van der Waals surface area (Å²) in [5, 5.41) is 23.9. The summed E-state index contributed by atoms with van der Waals surface area (Å²) in [6.07, 6.45) is 8.47. The molecule has 0 spiro atoms. The SMILES string of the molecule is CCC[C@H]1C2CCCCC2CC(O)C1NC(=O)c1nccc(OC)c1O. The fourth-order valence-corrected chi connectivity index (χ4v) is 5.02. The molecule has 2 fully saturated rings. The van der Waals surface area contributed by atoms with E-state index < -0.39 is 12.0 Å². The Balaban J connectivity index is 1.81. The number of carbonyl (C=O) groups excluding carboxylic acids is 1. The Morgan fingerprint density at radius 2 is 2.15 bits per heavy atom. The number of aromatic hydroxyl groups is 1. The first kappa shape index (κ1) is 19.0. The van der Waals surface area contributed by atoms with Gasteiger partial charge in [0.15, 0.2) is 17.2 Å². The van der Waals surface area contributed by atoms with Crippen molar-refractivity contribution in [2.45, 2.75) is 64.0 Å². The van der Waals surface area contributed by atoms with Crippen LogP contribution in [0.4, 0.5) is 0 Å². The van der Waals surface area contributed by atoms with E-state index in [9.17, 15) is 15.0 Å². The number of aliphatic hydroxyl groups excluding tert-OH is 1. The Morgan fingerprint density at radius 1 is 1.38 bits per heavy atom. The zero-order valence-electron chi connectivity index (χ0n) is 15.6. The van der Waals surface area contributed by atoms with Crippen LogP contribution in [0.1, 0.15) is 62.4 Å². The number of aromatic nitrogens is 1. The zero-order chi connectivity index (χ0) is 18.7. The minimum Gasteiger partial charge on any atom is -0.503 e. The summed E-state index contributed by atoms with van der Waals surface area (Å²) in [6, 6.07) is 1.21. The number of nitrogens with zero attached hydrogens (tertiary/aromatic N) is 1. The number of nitrogens with one attached hydrogen (secondary N) is 1. The molecule has 0 radical (unpaired) electrons. The largest absolute Gasteiger partial charge is 0.503 e. The summed E-state index contributed by atoms with van der Waals surface area (Å²) >= 11 is 0. The standard InChI is InChI=1S/C20H30N2O4/c1-3-6-14-13-8-5-4-7-12(13)11-15(23)17(14)22-20(25)18-19(24)16(26-2)9-10-21-18/h9-10,12-15,17,23-24H,3-8,11H2,1-2H3,(H,22,25)/t12?,13?,14-,15?,17?/m0/s1. The van der Waals surface area contributed by atoms with Crippen molar-refractivity contribution >= 4 is 5.91 Å². The Kier molecular flexibility index (Phi) is 6.01. The summed E-state index contributed by atoms with van der Waals surface area (Å²) in [7, 11) is 1.43. The second-order valence-corrected chi connectivity index (χ2v) is 7.67. The third-order valence-corrected chi connectivity index (χ3v) is 6.18. The van der Waals surface area contributed by atoms with Crippen LogP contribution in [0.5, 0.6) is 11.5 Å². The van der Waals surface area contributed by atoms with Crippen LogP contribution in [0.3, 0.4) is 0 Å². The third-order valence-electron chi connectivity index (χ3n) is 6.18. The molecule has 0 aromatic carbocycles. The van der Waals surface area contributed by atoms with Gasteiger partial charge in [-0.05, 0) is 37.0 Å². The Bertz CT molecular complexity index is 636. The van der Waals surface area contributed by atoms with E-state index in [2.05, 4.69) is 17.2 Å². The molecule has 0 saturated heterocycles. The van der Waals surface area contributed by atoms with Crippen molar-refractivity contribution in [3.8, 4) is 11.5 Å². The van der Waals surface area contributed by atoms with Crippen LogP contribution in [0.25, 0.3) is 0 Å². The van der Waals surface area contributed by atoms with E-state index in [-0.39, 0.29) is 29.2 Å². The van der Waals surface area contributed by atoms with Gasteiger partial charge in [0, 0.05) is 12.3 Å². The number of carbonyl (C=O) groups is 1. The highest BCUT2D eigenvalue weighted by molar-refractivity contribution is 5.95. The van der Waals surface area contributed by atoms with Gasteiger partial charge in [-0.25, -0.2) is 4.98 Å². The fraction of sp³-hybridized carbons (Fsp3) is 0.700. The molecule has 3 rings (SSSR count). The van der Waals surface area contributed by atoms with E-state index in [1.807, 2.05) is 0 Å². The molecule has 0 bridgehead atoms. The monoisotopic (exact) mass is 362 g/mol. The first-order valence-corrected chi connectivity index (χ1v) is 9.77. The van der Waals surface area contributed by atoms with Gasteiger partial charge in [-0.15, -0.1) is 0 Å². The van der Waals surface area contributed by atoms with Crippen LogP contribution < -0.4 is 10.1 Å². The number of pyridine rings is 1. The Labute approximate surface area is 155 Å². The average molecular weight is 362 g/mol. The lowest BCUT2D eigenvalue weighted by molar-refractivity contribution is -0.0259. The lowest BCUT2D eigenvalue weighted by Gasteiger charge is -2.48. The highest BCUT2D eigenvalue weighted by Crippen LogP contribution is 2.45. The molecule has 1 aromatic rings. The lowest BCUT2D eigenvalue weighted by atomic mass is 9.61. The second kappa shape index (κ2) is 8.25. The van der Waals surface area contributed by atoms with Crippen LogP contribution in [0.2, 0.25) is 0 Å². The molecule has 5 atom stereocenters. The van der Waals surface area contributed by atoms with Gasteiger partial charge in [0.1, 0.15) is 0 Å². The van der Waals surface area contributed by atoms with Gasteiger partial charge in [-0.2, -0.15) is 0 Å². The van der Waals surface area contributed by atoms with E-state index in [1.165, 1.54) is 45.1 Å². The van der Waals surface area contributed by atoms with Gasteiger partial charge < -0.3 is 20.3 Å². The van der Waals surface area contributed by atoms with Gasteiger partial charge in [0.25, 0.3) is 5.91 Å². The molecular formula is C20H30N2O4. The van der Waals surface area contributed by atoms with Gasteiger partial charge in [0.05, 0.1) is 19.3 Å². The number of amides is 1. The molecule has 6 heteroatoms. The number of methoxy groups -OCH3 is 1. The number of rotatable bonds is 5. The van der Waals surface area contributed by atoms with Crippen molar-refractivity contribution in [2.24, 2.45) is 17.8 Å². The first-order valence-electron chi connectivity index (χ1n) is 9.77. The summed E-state index contributed by atoms with van der Waals surface area (Å²) in [5.74, 6) is 0.884. The van der Waals surface area contributed by atoms with E-state index in [0.29, 0.717) is 11.8 Å². The molecule has 6 nitrogen and oxygen atoms in total. The number of hydrogen-bond donors (Lipinski definition) is 3. The highest BCUT2D eigenvalue weighted by atomic mass is 16.5. The molecular weight excluding hydrogens is 332 g/mol. The van der Waals surface area contributed by atoms with Crippen LogP contribution in [0.15, 0.2) is 12.3 Å². The summed E-state index contributed by atoms with van der Waals surface area (Å²) in [6.45, 7) is 2.15. The molecule has 2 aliphatic rings. The van der Waals surface area contributed by atoms with Crippen molar-refractivity contribution in [1.29, 1.82) is 0 Å². The van der Waals surface area contributed by atoms with Crippen LogP contribution in [0, 0.1) is 17.8 Å². The first-order chi connectivity index (χ1) is 12.6. The molecule has 1 heterocycles. The summed E-state index contributed by atoms with van der Waals surface area (Å²) in [5.41, 5.74) is -0.0578. The van der Waals surface area contributed by atoms with Crippen molar-refractivity contribution in [1.82, 2.24) is 10.3 Å². The van der Waals surface area contributed by atoms with Crippen LogP contribution in [-0.2, 0) is 0 Å². The van der Waals surface area contributed by atoms with Crippen molar-refractivity contribution < 1.29 is 19.7 Å². The molecule has 4 unspecified atom stereocenters. The molecule has 26 heavy (non-hydrogen) atoms. The van der Waals surface area contributed by atoms with Crippen LogP contribution in [-0.4, -0.2) is 40.4 Å². The minimum absolute atomic E-state index is 0.0578. The average Bonchev–Trinajstić information content (AvgIpc) is 2.64. The number of hydrogen-bond acceptors (Lipinski definition) is 5. The van der Waals surface area contributed by atoms with E-state index in [4.69, 9.17) is 4.74 Å². The van der Waals surface area contributed by atoms with E-state index in [0.717, 1.165) is 19.3 Å². The van der Waals surface area contributed by atoms with Crippen molar-refractivity contribution in [2.75, 3.05) is 7.11 Å². The lowest BCUT2D eigenvalue weighted by Crippen LogP contribution is -2.56. The minimum atomic E-state index is -0.553. The molecule has 0 aliphatic heterocycles. The molecule has 1 amide bonds. The normalized spacial score (nSPS) is 31.1. The predicted molar refractivity (Wildman–Crippen MR) is 98.2 cm³/mol. The maximum absolute atomic E-state index is 12.8. The van der Waals surface area contributed by atoms with E-state index in [1.54, 1.807) is 0 Å². The predicted octanol–water partition coefficient (Wildman–Crippen LogP) is 2.88. The summed E-state index contributed by atoms with van der Waals surface area (Å²) in [4.78, 5) is 16.8. The highest BCUT2D eigenvalue weighted by Gasteiger charge is 2.45. The number of aliphatic hydroxyl groups is 1. The molecule has 144 valence electrons. The second-order valence-electron chi connectivity index (χ2n) is 7.67. The quantitative estimate of drug-likeness (QED) is 0.749. The maximum Gasteiger partial charge on any atom is 0.274 e. The number of ether oxygens (including phenoxy) is 1. The maximum atomic E-state index is 12.8. The fourth-order valence-electron chi connectivity index (χ4n) is 5.02. The Morgan fingerprint density at radius 3 is 2.88 bits per heavy atom. The van der Waals surface area contributed by atoms with Crippen molar-refractivity contribution in [3.05, 3.63) is 18.0 Å². The summed E-state index contributed by atoms with van der Waals surface area (Å²) < 4.78 is 5.06. The van der Waals surface area contributed by atoms with Gasteiger partial charge in [-0.1, -0.05) is 32.6 Å². The zero-order valence-corrected chi connectivity index (χ0v) is 15.6. The molecule has 2 saturated carbocycles. The van der Waals surface area contributed by atoms with Crippen LogP contribution >= 0.6 is 0 Å². The van der Waals surface area contributed by atoms with E-state index >= 15 is 0 Å². The smallest absolute Gasteiger partial charge is 0.274 e. The van der Waals surface area contributed by atoms with Crippen molar-refractivity contribution in [3.63, 3.8) is 0 Å². The third kappa shape index (κ3) is 3.65. The number of fused-ring (bicyclic) bond motifs is 1. The van der Waals surface area contributed by atoms with Gasteiger partial charge in [0.2, 0.25) is 0 Å².